The average molecular weight is 529 g/mol. The Bertz CT molecular complexity index is 960. The number of esters is 4. The first-order chi connectivity index (χ1) is 18.1. The van der Waals surface area contributed by atoms with Crippen molar-refractivity contribution in [2.75, 3.05) is 13.2 Å². The van der Waals surface area contributed by atoms with Gasteiger partial charge in [-0.05, 0) is 64.8 Å². The molecule has 0 aliphatic carbocycles. The summed E-state index contributed by atoms with van der Waals surface area (Å²) in [5, 5.41) is 0. The summed E-state index contributed by atoms with van der Waals surface area (Å²) in [6, 6.07) is 13.1. The van der Waals surface area contributed by atoms with E-state index in [2.05, 4.69) is 0 Å². The lowest BCUT2D eigenvalue weighted by Crippen LogP contribution is -2.18. The van der Waals surface area contributed by atoms with Crippen LogP contribution in [0.1, 0.15) is 109 Å². The van der Waals surface area contributed by atoms with Crippen molar-refractivity contribution >= 4 is 23.9 Å². The van der Waals surface area contributed by atoms with Crippen molar-refractivity contribution in [3.8, 4) is 0 Å². The van der Waals surface area contributed by atoms with Crippen molar-refractivity contribution in [2.45, 2.75) is 79.4 Å². The molecule has 0 saturated heterocycles. The quantitative estimate of drug-likeness (QED) is 0.177. The standard InChI is InChI=1S/C16H22O4.C14H18O4/c1-3-5-11-19-15(17)13-9-7-8-10-14(13)16(18)20-12-6-4-2;1-9(2)17-13(15)11-7-5-6-8-12(11)14(16)18-10(3)4/h7-10H,3-6,11-12H2,1-2H3;5-10H,1-4H3. The van der Waals surface area contributed by atoms with E-state index in [1.165, 1.54) is 0 Å². The largest absolute Gasteiger partial charge is 0.462 e. The second-order valence-corrected chi connectivity index (χ2v) is 8.98. The van der Waals surface area contributed by atoms with Gasteiger partial charge in [-0.15, -0.1) is 0 Å². The first kappa shape index (κ1) is 32.3. The summed E-state index contributed by atoms with van der Waals surface area (Å²) in [5.41, 5.74) is 1.00. The van der Waals surface area contributed by atoms with Crippen LogP contribution in [0.4, 0.5) is 0 Å². The smallest absolute Gasteiger partial charge is 0.339 e. The summed E-state index contributed by atoms with van der Waals surface area (Å²) >= 11 is 0. The van der Waals surface area contributed by atoms with E-state index in [1.807, 2.05) is 13.8 Å². The molecule has 8 nitrogen and oxygen atoms in total. The van der Waals surface area contributed by atoms with Crippen LogP contribution in [0.3, 0.4) is 0 Å². The maximum atomic E-state index is 11.9. The monoisotopic (exact) mass is 528 g/mol. The Morgan fingerprint density at radius 1 is 0.553 bits per heavy atom. The molecule has 0 aliphatic rings. The minimum absolute atomic E-state index is 0.230. The van der Waals surface area contributed by atoms with E-state index in [0.29, 0.717) is 13.2 Å². The molecule has 0 N–H and O–H groups in total. The van der Waals surface area contributed by atoms with Crippen LogP contribution in [-0.4, -0.2) is 49.3 Å². The fraction of sp³-hybridized carbons (Fsp3) is 0.467. The zero-order chi connectivity index (χ0) is 28.5. The van der Waals surface area contributed by atoms with Crippen LogP contribution in [0, 0.1) is 0 Å². The summed E-state index contributed by atoms with van der Waals surface area (Å²) in [6.45, 7) is 11.8. The van der Waals surface area contributed by atoms with Gasteiger partial charge in [-0.25, -0.2) is 19.2 Å². The van der Waals surface area contributed by atoms with E-state index in [9.17, 15) is 19.2 Å². The van der Waals surface area contributed by atoms with Crippen LogP contribution in [0.5, 0.6) is 0 Å². The first-order valence-electron chi connectivity index (χ1n) is 13.1. The van der Waals surface area contributed by atoms with E-state index in [-0.39, 0.29) is 34.5 Å². The van der Waals surface area contributed by atoms with Crippen molar-refractivity contribution in [3.63, 3.8) is 0 Å². The molecule has 8 heteroatoms. The van der Waals surface area contributed by atoms with Crippen molar-refractivity contribution in [1.82, 2.24) is 0 Å². The van der Waals surface area contributed by atoms with Crippen molar-refractivity contribution in [2.24, 2.45) is 0 Å². The van der Waals surface area contributed by atoms with Gasteiger partial charge in [-0.1, -0.05) is 51.0 Å². The zero-order valence-electron chi connectivity index (χ0n) is 23.3. The minimum atomic E-state index is -0.513. The molecule has 0 unspecified atom stereocenters. The zero-order valence-corrected chi connectivity index (χ0v) is 23.3. The lowest BCUT2D eigenvalue weighted by molar-refractivity contribution is 0.0328. The van der Waals surface area contributed by atoms with Crippen LogP contribution in [0.15, 0.2) is 48.5 Å². The van der Waals surface area contributed by atoms with Gasteiger partial charge in [0.05, 0.1) is 47.7 Å². The highest BCUT2D eigenvalue weighted by atomic mass is 16.6. The molecule has 2 aromatic carbocycles. The SMILES string of the molecule is CC(C)OC(=O)c1ccccc1C(=O)OC(C)C.CCCCOC(=O)c1ccccc1C(=O)OCCCC. The number of benzene rings is 2. The number of hydrogen-bond acceptors (Lipinski definition) is 8. The number of carbonyl (C=O) groups excluding carboxylic acids is 4. The first-order valence-corrected chi connectivity index (χ1v) is 13.1. The number of hydrogen-bond donors (Lipinski definition) is 0. The molecule has 0 saturated carbocycles. The maximum absolute atomic E-state index is 11.9. The Kier molecular flexibility index (Phi) is 15.1. The molecule has 0 spiro atoms. The molecule has 0 aromatic heterocycles. The molecule has 0 bridgehead atoms. The lowest BCUT2D eigenvalue weighted by atomic mass is 10.1. The predicted molar refractivity (Wildman–Crippen MR) is 144 cm³/mol. The highest BCUT2D eigenvalue weighted by molar-refractivity contribution is 6.03. The molecule has 2 rings (SSSR count). The molecule has 208 valence electrons. The molecule has 0 heterocycles. The molecule has 0 radical (unpaired) electrons. The second kappa shape index (κ2) is 17.7. The van der Waals surface area contributed by atoms with E-state index in [1.54, 1.807) is 76.2 Å². The third-order valence-electron chi connectivity index (χ3n) is 4.88. The molecule has 0 amide bonds. The predicted octanol–water partition coefficient (Wildman–Crippen LogP) is 6.42. The van der Waals surface area contributed by atoms with E-state index >= 15 is 0 Å². The van der Waals surface area contributed by atoms with Crippen LogP contribution < -0.4 is 0 Å². The molecular formula is C30H40O8. The van der Waals surface area contributed by atoms with Crippen LogP contribution in [-0.2, 0) is 18.9 Å². The highest BCUT2D eigenvalue weighted by Crippen LogP contribution is 2.14. The summed E-state index contributed by atoms with van der Waals surface area (Å²) in [4.78, 5) is 47.6. The maximum Gasteiger partial charge on any atom is 0.339 e. The molecule has 38 heavy (non-hydrogen) atoms. The van der Waals surface area contributed by atoms with Gasteiger partial charge in [0.1, 0.15) is 0 Å². The minimum Gasteiger partial charge on any atom is -0.462 e. The fourth-order valence-electron chi connectivity index (χ4n) is 3.01. The summed E-state index contributed by atoms with van der Waals surface area (Å²) in [6.07, 6.45) is 3.07. The second-order valence-electron chi connectivity index (χ2n) is 8.98. The molecule has 0 atom stereocenters. The molecule has 2 aromatic rings. The Morgan fingerprint density at radius 3 is 1.11 bits per heavy atom. The van der Waals surface area contributed by atoms with Gasteiger partial charge < -0.3 is 18.9 Å². The van der Waals surface area contributed by atoms with Crippen LogP contribution in [0.2, 0.25) is 0 Å². The van der Waals surface area contributed by atoms with Gasteiger partial charge in [0.25, 0.3) is 0 Å². The number of rotatable bonds is 12. The van der Waals surface area contributed by atoms with Gasteiger partial charge >= 0.3 is 23.9 Å². The van der Waals surface area contributed by atoms with Crippen LogP contribution in [0.25, 0.3) is 0 Å². The van der Waals surface area contributed by atoms with Gasteiger partial charge in [0, 0.05) is 0 Å². The highest BCUT2D eigenvalue weighted by Gasteiger charge is 2.20. The van der Waals surface area contributed by atoms with Crippen molar-refractivity contribution in [3.05, 3.63) is 70.8 Å². The lowest BCUT2D eigenvalue weighted by Gasteiger charge is -2.12. The summed E-state index contributed by atoms with van der Waals surface area (Å²) in [7, 11) is 0. The molecule has 0 aliphatic heterocycles. The Hall–Kier alpha value is -3.68. The van der Waals surface area contributed by atoms with E-state index < -0.39 is 23.9 Å². The van der Waals surface area contributed by atoms with Gasteiger partial charge in [-0.3, -0.25) is 0 Å². The summed E-state index contributed by atoms with van der Waals surface area (Å²) in [5.74, 6) is -1.97. The molecular weight excluding hydrogens is 488 g/mol. The number of unbranched alkanes of at least 4 members (excludes halogenated alkanes) is 2. The van der Waals surface area contributed by atoms with E-state index in [0.717, 1.165) is 25.7 Å². The average Bonchev–Trinajstić information content (AvgIpc) is 2.88. The topological polar surface area (TPSA) is 105 Å². The Morgan fingerprint density at radius 2 is 0.842 bits per heavy atom. The number of ether oxygens (including phenoxy) is 4. The number of carbonyl (C=O) groups is 4. The van der Waals surface area contributed by atoms with Gasteiger partial charge in [-0.2, -0.15) is 0 Å². The van der Waals surface area contributed by atoms with Crippen LogP contribution >= 0.6 is 0 Å². The Labute approximate surface area is 225 Å². The fourth-order valence-corrected chi connectivity index (χ4v) is 3.01. The van der Waals surface area contributed by atoms with E-state index in [4.69, 9.17) is 18.9 Å². The van der Waals surface area contributed by atoms with Crippen molar-refractivity contribution < 1.29 is 38.1 Å². The third kappa shape index (κ3) is 11.6. The third-order valence-corrected chi connectivity index (χ3v) is 4.88. The van der Waals surface area contributed by atoms with Gasteiger partial charge in [0.2, 0.25) is 0 Å². The normalized spacial score (nSPS) is 10.3. The van der Waals surface area contributed by atoms with Crippen molar-refractivity contribution in [1.29, 1.82) is 0 Å². The summed E-state index contributed by atoms with van der Waals surface area (Å²) < 4.78 is 20.4. The Balaban J connectivity index is 0.000000382. The van der Waals surface area contributed by atoms with Gasteiger partial charge in [0.15, 0.2) is 0 Å². The molecule has 0 fully saturated rings.